The number of alkyl halides is 3. The summed E-state index contributed by atoms with van der Waals surface area (Å²) < 4.78 is 79.6. The summed E-state index contributed by atoms with van der Waals surface area (Å²) in [6, 6.07) is -0.258. The van der Waals surface area contributed by atoms with Crippen molar-refractivity contribution in [3.63, 3.8) is 0 Å². The SMILES string of the molecule is Cn1cc(S(=O)(=O)N2CCC(Nc3ncc(C(F)(F)F)c(OC4CCOCC4(C)O)n3)CC2)cn1. The molecule has 2 atom stereocenters. The average molecular weight is 521 g/mol. The maximum atomic E-state index is 13.5. The van der Waals surface area contributed by atoms with Crippen molar-refractivity contribution < 1.29 is 36.2 Å². The molecule has 0 saturated carbocycles. The average Bonchev–Trinajstić information content (AvgIpc) is 3.22. The molecule has 0 amide bonds. The van der Waals surface area contributed by atoms with Crippen molar-refractivity contribution in [1.29, 1.82) is 0 Å². The van der Waals surface area contributed by atoms with E-state index in [1.54, 1.807) is 7.05 Å². The van der Waals surface area contributed by atoms with E-state index in [0.29, 0.717) is 19.0 Å². The van der Waals surface area contributed by atoms with Gasteiger partial charge in [0, 0.05) is 45.0 Å². The Bertz CT molecular complexity index is 1150. The van der Waals surface area contributed by atoms with Crippen LogP contribution in [0.15, 0.2) is 23.5 Å². The molecule has 2 saturated heterocycles. The summed E-state index contributed by atoms with van der Waals surface area (Å²) in [6.07, 6.45) is -1.36. The molecule has 2 unspecified atom stereocenters. The molecule has 35 heavy (non-hydrogen) atoms. The first-order valence-electron chi connectivity index (χ1n) is 11.0. The second-order valence-electron chi connectivity index (χ2n) is 8.89. The van der Waals surface area contributed by atoms with Crippen molar-refractivity contribution in [2.75, 3.05) is 31.6 Å². The minimum absolute atomic E-state index is 0.0737. The van der Waals surface area contributed by atoms with Gasteiger partial charge in [0.1, 0.15) is 22.2 Å². The Morgan fingerprint density at radius 1 is 1.26 bits per heavy atom. The van der Waals surface area contributed by atoms with E-state index in [1.807, 2.05) is 0 Å². The van der Waals surface area contributed by atoms with Crippen LogP contribution < -0.4 is 10.1 Å². The molecule has 0 bridgehead atoms. The number of aliphatic hydroxyl groups is 1. The molecule has 2 aliphatic rings. The summed E-state index contributed by atoms with van der Waals surface area (Å²) in [5, 5.41) is 17.3. The van der Waals surface area contributed by atoms with Gasteiger partial charge in [-0.25, -0.2) is 13.4 Å². The lowest BCUT2D eigenvalue weighted by atomic mass is 9.95. The molecule has 2 N–H and O–H groups in total. The van der Waals surface area contributed by atoms with Gasteiger partial charge in [-0.05, 0) is 19.8 Å². The first kappa shape index (κ1) is 25.6. The monoisotopic (exact) mass is 520 g/mol. The maximum Gasteiger partial charge on any atom is 0.423 e. The number of piperidine rings is 1. The van der Waals surface area contributed by atoms with Crippen molar-refractivity contribution in [2.24, 2.45) is 7.05 Å². The zero-order valence-electron chi connectivity index (χ0n) is 19.2. The van der Waals surface area contributed by atoms with Gasteiger partial charge in [0.05, 0.1) is 19.4 Å². The van der Waals surface area contributed by atoms with E-state index in [0.717, 1.165) is 0 Å². The Hall–Kier alpha value is -2.49. The molecule has 15 heteroatoms. The Morgan fingerprint density at radius 3 is 2.57 bits per heavy atom. The summed E-state index contributed by atoms with van der Waals surface area (Å²) in [7, 11) is -2.06. The lowest BCUT2D eigenvalue weighted by Crippen LogP contribution is -2.51. The third-order valence-corrected chi connectivity index (χ3v) is 7.88. The minimum atomic E-state index is -4.75. The Labute approximate surface area is 200 Å². The molecule has 2 aliphatic heterocycles. The number of anilines is 1. The summed E-state index contributed by atoms with van der Waals surface area (Å²) in [4.78, 5) is 7.85. The van der Waals surface area contributed by atoms with Crippen LogP contribution in [0.3, 0.4) is 0 Å². The molecule has 4 heterocycles. The lowest BCUT2D eigenvalue weighted by Gasteiger charge is -2.36. The zero-order valence-corrected chi connectivity index (χ0v) is 20.0. The smallest absolute Gasteiger partial charge is 0.423 e. The first-order chi connectivity index (χ1) is 16.4. The molecular weight excluding hydrogens is 493 g/mol. The highest BCUT2D eigenvalue weighted by atomic mass is 32.2. The Morgan fingerprint density at radius 2 is 1.97 bits per heavy atom. The van der Waals surface area contributed by atoms with Gasteiger partial charge >= 0.3 is 6.18 Å². The fraction of sp³-hybridized carbons (Fsp3) is 0.650. The van der Waals surface area contributed by atoms with Crippen LogP contribution in [0.5, 0.6) is 5.88 Å². The van der Waals surface area contributed by atoms with Crippen LogP contribution in [0.1, 0.15) is 31.7 Å². The summed E-state index contributed by atoms with van der Waals surface area (Å²) in [5.74, 6) is -0.757. The number of nitrogens with one attached hydrogen (secondary N) is 1. The van der Waals surface area contributed by atoms with E-state index in [1.165, 1.54) is 28.3 Å². The van der Waals surface area contributed by atoms with Gasteiger partial charge in [-0.15, -0.1) is 0 Å². The minimum Gasteiger partial charge on any atom is -0.471 e. The standard InChI is InChI=1S/C20H27F3N6O5S/c1-19(30)12-33-8-5-16(19)34-17-15(20(21,22)23)10-24-18(27-17)26-13-3-6-29(7-4-13)35(31,32)14-9-25-28(2)11-14/h9-11,13,16,30H,3-8,12H2,1-2H3,(H,24,26,27). The molecule has 0 radical (unpaired) electrons. The fourth-order valence-electron chi connectivity index (χ4n) is 4.02. The number of rotatable bonds is 6. The zero-order chi connectivity index (χ0) is 25.4. The number of hydrogen-bond acceptors (Lipinski definition) is 9. The van der Waals surface area contributed by atoms with Crippen molar-refractivity contribution in [3.8, 4) is 5.88 Å². The molecule has 4 rings (SSSR count). The topological polar surface area (TPSA) is 132 Å². The van der Waals surface area contributed by atoms with Gasteiger partial charge in [0.2, 0.25) is 21.9 Å². The second kappa shape index (κ2) is 9.52. The molecular formula is C20H27F3N6O5S. The van der Waals surface area contributed by atoms with Gasteiger partial charge < -0.3 is 19.9 Å². The maximum absolute atomic E-state index is 13.5. The van der Waals surface area contributed by atoms with Crippen LogP contribution in [-0.4, -0.2) is 81.6 Å². The van der Waals surface area contributed by atoms with Crippen molar-refractivity contribution in [3.05, 3.63) is 24.2 Å². The van der Waals surface area contributed by atoms with E-state index in [4.69, 9.17) is 9.47 Å². The largest absolute Gasteiger partial charge is 0.471 e. The molecule has 0 aromatic carbocycles. The molecule has 2 aromatic heterocycles. The highest BCUT2D eigenvalue weighted by molar-refractivity contribution is 7.89. The molecule has 2 fully saturated rings. The van der Waals surface area contributed by atoms with Crippen LogP contribution in [-0.2, 0) is 28.0 Å². The van der Waals surface area contributed by atoms with E-state index in [9.17, 15) is 26.7 Å². The Balaban J connectivity index is 1.45. The van der Waals surface area contributed by atoms with Crippen LogP contribution in [0, 0.1) is 0 Å². The molecule has 11 nitrogen and oxygen atoms in total. The quantitative estimate of drug-likeness (QED) is 0.580. The predicted molar refractivity (Wildman–Crippen MR) is 116 cm³/mol. The number of aromatic nitrogens is 4. The highest BCUT2D eigenvalue weighted by Crippen LogP contribution is 2.37. The van der Waals surface area contributed by atoms with E-state index in [-0.39, 0.29) is 49.6 Å². The van der Waals surface area contributed by atoms with Crippen molar-refractivity contribution in [1.82, 2.24) is 24.1 Å². The normalized spacial score (nSPS) is 24.9. The fourth-order valence-corrected chi connectivity index (χ4v) is 5.47. The summed E-state index contributed by atoms with van der Waals surface area (Å²) in [6.45, 7) is 2.01. The van der Waals surface area contributed by atoms with Crippen molar-refractivity contribution in [2.45, 2.75) is 55.0 Å². The van der Waals surface area contributed by atoms with E-state index in [2.05, 4.69) is 20.4 Å². The van der Waals surface area contributed by atoms with Gasteiger partial charge in [-0.1, -0.05) is 0 Å². The number of halogens is 3. The van der Waals surface area contributed by atoms with Crippen LogP contribution >= 0.6 is 0 Å². The summed E-state index contributed by atoms with van der Waals surface area (Å²) in [5.41, 5.74) is -2.63. The van der Waals surface area contributed by atoms with E-state index >= 15 is 0 Å². The van der Waals surface area contributed by atoms with E-state index < -0.39 is 39.3 Å². The number of nitrogens with zero attached hydrogens (tertiary/aromatic N) is 5. The van der Waals surface area contributed by atoms with Gasteiger partial charge in [-0.2, -0.15) is 27.6 Å². The number of sulfonamides is 1. The van der Waals surface area contributed by atoms with Crippen molar-refractivity contribution >= 4 is 16.0 Å². The number of hydrogen-bond donors (Lipinski definition) is 2. The lowest BCUT2D eigenvalue weighted by molar-refractivity contribution is -0.152. The Kier molecular flexibility index (Phi) is 6.96. The number of ether oxygens (including phenoxy) is 2. The second-order valence-corrected chi connectivity index (χ2v) is 10.8. The van der Waals surface area contributed by atoms with Crippen LogP contribution in [0.4, 0.5) is 19.1 Å². The molecule has 0 spiro atoms. The van der Waals surface area contributed by atoms with Crippen LogP contribution in [0.2, 0.25) is 0 Å². The highest BCUT2D eigenvalue weighted by Gasteiger charge is 2.42. The van der Waals surface area contributed by atoms with Gasteiger partial charge in [0.25, 0.3) is 0 Å². The first-order valence-corrected chi connectivity index (χ1v) is 12.5. The van der Waals surface area contributed by atoms with Gasteiger partial charge in [-0.3, -0.25) is 4.68 Å². The summed E-state index contributed by atoms with van der Waals surface area (Å²) >= 11 is 0. The van der Waals surface area contributed by atoms with Gasteiger partial charge in [0.15, 0.2) is 0 Å². The molecule has 2 aromatic rings. The molecule has 194 valence electrons. The third-order valence-electron chi connectivity index (χ3n) is 6.03. The third kappa shape index (κ3) is 5.68. The van der Waals surface area contributed by atoms with Crippen LogP contribution in [0.25, 0.3) is 0 Å². The predicted octanol–water partition coefficient (Wildman–Crippen LogP) is 1.41. The number of aryl methyl sites for hydroxylation is 1. The molecule has 0 aliphatic carbocycles.